The van der Waals surface area contributed by atoms with E-state index in [9.17, 15) is 21.6 Å². The Hall–Kier alpha value is -1.07. The Kier molecular flexibility index (Phi) is 9.29. The Bertz CT molecular complexity index is 571. The molecule has 1 fully saturated rings. The molecular weight excluding hydrogens is 383 g/mol. The van der Waals surface area contributed by atoms with Crippen molar-refractivity contribution in [3.05, 3.63) is 0 Å². The van der Waals surface area contributed by atoms with Crippen LogP contribution in [0.25, 0.3) is 0 Å². The van der Waals surface area contributed by atoms with Crippen LogP contribution in [0.15, 0.2) is 4.99 Å². The number of guanidine groups is 1. The summed E-state index contributed by atoms with van der Waals surface area (Å²) < 4.78 is 61.2. The first-order valence-electron chi connectivity index (χ1n) is 9.31. The topological polar surface area (TPSA) is 77.0 Å². The van der Waals surface area contributed by atoms with Crippen LogP contribution in [0, 0.1) is 5.92 Å². The lowest BCUT2D eigenvalue weighted by atomic mass is 9.98. The third kappa shape index (κ3) is 6.79. The minimum Gasteiger partial charge on any atom is -0.356 e. The van der Waals surface area contributed by atoms with E-state index in [2.05, 4.69) is 41.3 Å². The first-order chi connectivity index (χ1) is 12.6. The van der Waals surface area contributed by atoms with Crippen molar-refractivity contribution in [3.63, 3.8) is 0 Å². The van der Waals surface area contributed by atoms with E-state index in [1.54, 1.807) is 7.05 Å². The molecule has 0 aromatic carbocycles. The molecule has 1 heterocycles. The van der Waals surface area contributed by atoms with Crippen LogP contribution in [0.4, 0.5) is 13.2 Å². The molecule has 160 valence electrons. The van der Waals surface area contributed by atoms with Gasteiger partial charge in [-0.1, -0.05) is 13.8 Å². The molecule has 1 aliphatic heterocycles. The van der Waals surface area contributed by atoms with E-state index < -0.39 is 15.5 Å². The summed E-state index contributed by atoms with van der Waals surface area (Å²) in [5, 5.41) is 6.44. The molecule has 1 saturated heterocycles. The average Bonchev–Trinajstić information content (AvgIpc) is 2.62. The fraction of sp³-hybridized carbons (Fsp3) is 0.938. The summed E-state index contributed by atoms with van der Waals surface area (Å²) in [5.74, 6) is 0.739. The van der Waals surface area contributed by atoms with Crippen LogP contribution in [0.5, 0.6) is 0 Å². The molecule has 0 amide bonds. The molecule has 0 aromatic heterocycles. The highest BCUT2D eigenvalue weighted by atomic mass is 32.2. The van der Waals surface area contributed by atoms with Gasteiger partial charge in [0.1, 0.15) is 0 Å². The highest BCUT2D eigenvalue weighted by molar-refractivity contribution is 7.90. The smallest absolute Gasteiger partial charge is 0.356 e. The van der Waals surface area contributed by atoms with Crippen molar-refractivity contribution in [3.8, 4) is 0 Å². The maximum absolute atomic E-state index is 12.6. The second-order valence-electron chi connectivity index (χ2n) is 6.70. The lowest BCUT2D eigenvalue weighted by Gasteiger charge is -2.32. The minimum atomic E-state index is -5.23. The molecule has 27 heavy (non-hydrogen) atoms. The number of hydrogen-bond donors (Lipinski definition) is 2. The van der Waals surface area contributed by atoms with Crippen LogP contribution in [-0.4, -0.2) is 81.4 Å². The molecule has 0 aromatic rings. The van der Waals surface area contributed by atoms with Gasteiger partial charge in [0.2, 0.25) is 0 Å². The molecular formula is C16H32F3N5O2S. The van der Waals surface area contributed by atoms with E-state index in [0.717, 1.165) is 19.6 Å². The van der Waals surface area contributed by atoms with E-state index in [1.165, 1.54) is 0 Å². The lowest BCUT2D eigenvalue weighted by molar-refractivity contribution is -0.0496. The van der Waals surface area contributed by atoms with Crippen LogP contribution >= 0.6 is 0 Å². The molecule has 0 saturated carbocycles. The predicted molar refractivity (Wildman–Crippen MR) is 101 cm³/mol. The largest absolute Gasteiger partial charge is 0.511 e. The Morgan fingerprint density at radius 2 is 1.78 bits per heavy atom. The van der Waals surface area contributed by atoms with Gasteiger partial charge in [0.15, 0.2) is 5.96 Å². The van der Waals surface area contributed by atoms with Crippen LogP contribution < -0.4 is 10.6 Å². The van der Waals surface area contributed by atoms with Gasteiger partial charge < -0.3 is 10.6 Å². The summed E-state index contributed by atoms with van der Waals surface area (Å²) in [6.07, 6.45) is 0.768. The van der Waals surface area contributed by atoms with Gasteiger partial charge in [0, 0.05) is 39.3 Å². The van der Waals surface area contributed by atoms with E-state index in [4.69, 9.17) is 0 Å². The Morgan fingerprint density at radius 3 is 2.22 bits per heavy atom. The van der Waals surface area contributed by atoms with Crippen molar-refractivity contribution in [1.82, 2.24) is 19.8 Å². The summed E-state index contributed by atoms with van der Waals surface area (Å²) in [6, 6.07) is 0.342. The van der Waals surface area contributed by atoms with Crippen molar-refractivity contribution in [2.45, 2.75) is 45.2 Å². The van der Waals surface area contributed by atoms with Gasteiger partial charge in [-0.25, -0.2) is 8.42 Å². The molecule has 1 aliphatic rings. The molecule has 1 rings (SSSR count). The van der Waals surface area contributed by atoms with Gasteiger partial charge in [-0.05, 0) is 38.8 Å². The first kappa shape index (κ1) is 24.0. The second-order valence-corrected chi connectivity index (χ2v) is 8.63. The van der Waals surface area contributed by atoms with Gasteiger partial charge in [0.25, 0.3) is 0 Å². The quantitative estimate of drug-likeness (QED) is 0.464. The summed E-state index contributed by atoms with van der Waals surface area (Å²) in [4.78, 5) is 6.48. The summed E-state index contributed by atoms with van der Waals surface area (Å²) in [7, 11) is -3.56. The predicted octanol–water partition coefficient (Wildman–Crippen LogP) is 1.44. The van der Waals surface area contributed by atoms with Gasteiger partial charge in [-0.15, -0.1) is 0 Å². The molecule has 0 spiro atoms. The number of nitrogens with zero attached hydrogens (tertiary/aromatic N) is 3. The van der Waals surface area contributed by atoms with Gasteiger partial charge >= 0.3 is 15.5 Å². The number of sulfonamides is 1. The number of nitrogens with one attached hydrogen (secondary N) is 2. The van der Waals surface area contributed by atoms with Crippen molar-refractivity contribution in [2.24, 2.45) is 10.9 Å². The van der Waals surface area contributed by atoms with Crippen LogP contribution in [0.1, 0.15) is 33.6 Å². The van der Waals surface area contributed by atoms with Crippen molar-refractivity contribution >= 4 is 16.0 Å². The Morgan fingerprint density at radius 1 is 1.22 bits per heavy atom. The van der Waals surface area contributed by atoms with E-state index in [0.29, 0.717) is 35.7 Å². The van der Waals surface area contributed by atoms with Crippen molar-refractivity contribution in [2.75, 3.05) is 46.3 Å². The summed E-state index contributed by atoms with van der Waals surface area (Å²) in [5.41, 5.74) is -5.23. The van der Waals surface area contributed by atoms with E-state index >= 15 is 0 Å². The average molecular weight is 416 g/mol. The molecule has 11 heteroatoms. The van der Waals surface area contributed by atoms with Crippen molar-refractivity contribution < 1.29 is 21.6 Å². The molecule has 1 unspecified atom stereocenters. The third-order valence-electron chi connectivity index (χ3n) is 4.99. The zero-order chi connectivity index (χ0) is 20.7. The standard InChI is InChI=1S/C16H32F3N5O2S/c1-5-23(6-2)13(3)11-21-15(20-4)22-12-14-7-9-24(10-8-14)27(25,26)16(17,18)19/h13-14H,5-12H2,1-4H3,(H2,20,21,22). The zero-order valence-corrected chi connectivity index (χ0v) is 17.3. The highest BCUT2D eigenvalue weighted by Crippen LogP contribution is 2.30. The Balaban J connectivity index is 2.42. The van der Waals surface area contributed by atoms with Crippen molar-refractivity contribution in [1.29, 1.82) is 0 Å². The SMILES string of the molecule is CCN(CC)C(C)CNC(=NC)NCC1CCN(S(=O)(=O)C(F)(F)F)CC1. The number of piperidine rings is 1. The molecule has 0 bridgehead atoms. The van der Waals surface area contributed by atoms with Gasteiger partial charge in [0.05, 0.1) is 0 Å². The maximum Gasteiger partial charge on any atom is 0.511 e. The monoisotopic (exact) mass is 415 g/mol. The number of halogens is 3. The third-order valence-corrected chi connectivity index (χ3v) is 6.62. The number of likely N-dealkylation sites (N-methyl/N-ethyl adjacent to an activating group) is 1. The summed E-state index contributed by atoms with van der Waals surface area (Å²) >= 11 is 0. The second kappa shape index (κ2) is 10.5. The number of alkyl halides is 3. The zero-order valence-electron chi connectivity index (χ0n) is 16.5. The highest BCUT2D eigenvalue weighted by Gasteiger charge is 2.50. The fourth-order valence-electron chi connectivity index (χ4n) is 3.18. The fourth-order valence-corrected chi connectivity index (χ4v) is 4.17. The molecule has 0 radical (unpaired) electrons. The Labute approximate surface area is 160 Å². The van der Waals surface area contributed by atoms with Crippen LogP contribution in [-0.2, 0) is 10.0 Å². The first-order valence-corrected chi connectivity index (χ1v) is 10.8. The molecule has 0 aliphatic carbocycles. The lowest BCUT2D eigenvalue weighted by Crippen LogP contribution is -2.48. The number of hydrogen-bond acceptors (Lipinski definition) is 4. The molecule has 7 nitrogen and oxygen atoms in total. The van der Waals surface area contributed by atoms with E-state index in [1.807, 2.05) is 0 Å². The number of rotatable bonds is 8. The van der Waals surface area contributed by atoms with Crippen LogP contribution in [0.3, 0.4) is 0 Å². The molecule has 1 atom stereocenters. The number of aliphatic imine (C=N–C) groups is 1. The maximum atomic E-state index is 12.6. The van der Waals surface area contributed by atoms with E-state index in [-0.39, 0.29) is 19.0 Å². The molecule has 2 N–H and O–H groups in total. The minimum absolute atomic E-state index is 0.100. The van der Waals surface area contributed by atoms with Crippen LogP contribution in [0.2, 0.25) is 0 Å². The van der Waals surface area contributed by atoms with Gasteiger partial charge in [-0.3, -0.25) is 9.89 Å². The normalized spacial score (nSPS) is 19.3. The van der Waals surface area contributed by atoms with Gasteiger partial charge in [-0.2, -0.15) is 17.5 Å². The summed E-state index contributed by atoms with van der Waals surface area (Å²) in [6.45, 7) is 9.32.